The second-order valence-corrected chi connectivity index (χ2v) is 7.53. The minimum absolute atomic E-state index is 0.122. The van der Waals surface area contributed by atoms with E-state index in [9.17, 15) is 0 Å². The van der Waals surface area contributed by atoms with Crippen molar-refractivity contribution in [2.45, 2.75) is 51.1 Å². The number of hydrogen-bond acceptors (Lipinski definition) is 2. The summed E-state index contributed by atoms with van der Waals surface area (Å²) in [6, 6.07) is 11.3. The maximum atomic E-state index is 5.92. The number of benzene rings is 1. The van der Waals surface area contributed by atoms with Crippen LogP contribution in [0.5, 0.6) is 0 Å². The van der Waals surface area contributed by atoms with E-state index in [1.165, 1.54) is 53.7 Å². The lowest BCUT2D eigenvalue weighted by atomic mass is 9.92. The van der Waals surface area contributed by atoms with Crippen molar-refractivity contribution in [2.75, 3.05) is 4.90 Å². The van der Waals surface area contributed by atoms with Gasteiger partial charge in [0, 0.05) is 24.4 Å². The number of para-hydroxylation sites is 1. The van der Waals surface area contributed by atoms with Gasteiger partial charge in [-0.3, -0.25) is 0 Å². The van der Waals surface area contributed by atoms with Gasteiger partial charge in [0.2, 0.25) is 0 Å². The number of fused-ring (bicyclic) bond motifs is 4. The highest BCUT2D eigenvalue weighted by Gasteiger charge is 2.54. The van der Waals surface area contributed by atoms with Crippen molar-refractivity contribution in [3.05, 3.63) is 53.4 Å². The fourth-order valence-corrected chi connectivity index (χ4v) is 5.45. The van der Waals surface area contributed by atoms with E-state index in [2.05, 4.69) is 60.7 Å². The Labute approximate surface area is 142 Å². The second-order valence-electron chi connectivity index (χ2n) is 7.53. The maximum absolute atomic E-state index is 5.92. The fraction of sp³-hybridized carbons (Fsp3) is 0.429. The summed E-state index contributed by atoms with van der Waals surface area (Å²) in [4.78, 5) is 2.70. The third-order valence-electron chi connectivity index (χ3n) is 6.35. The van der Waals surface area contributed by atoms with Gasteiger partial charge in [0.25, 0.3) is 0 Å². The normalized spacial score (nSPS) is 22.0. The molecule has 3 heteroatoms. The van der Waals surface area contributed by atoms with Crippen LogP contribution in [0, 0.1) is 6.92 Å². The maximum Gasteiger partial charge on any atom is 0.157 e. The molecule has 1 aromatic carbocycles. The molecule has 2 aromatic heterocycles. The molecule has 5 rings (SSSR count). The molecule has 0 unspecified atom stereocenters. The number of aromatic nitrogens is 1. The molecule has 0 bridgehead atoms. The predicted molar refractivity (Wildman–Crippen MR) is 97.4 cm³/mol. The van der Waals surface area contributed by atoms with E-state index < -0.39 is 0 Å². The molecule has 1 aliphatic heterocycles. The van der Waals surface area contributed by atoms with Gasteiger partial charge in [-0.1, -0.05) is 31.0 Å². The summed E-state index contributed by atoms with van der Waals surface area (Å²) in [5.74, 6) is 0. The topological polar surface area (TPSA) is 21.3 Å². The van der Waals surface area contributed by atoms with Crippen LogP contribution in [0.4, 0.5) is 5.69 Å². The molecule has 1 fully saturated rings. The van der Waals surface area contributed by atoms with Gasteiger partial charge in [0.1, 0.15) is 0 Å². The van der Waals surface area contributed by atoms with Gasteiger partial charge < -0.3 is 13.9 Å². The summed E-state index contributed by atoms with van der Waals surface area (Å²) in [6.07, 6.45) is 6.91. The zero-order chi connectivity index (χ0) is 16.5. The Hall–Kier alpha value is -2.16. The first-order valence-corrected chi connectivity index (χ1v) is 9.06. The van der Waals surface area contributed by atoms with Gasteiger partial charge in [-0.15, -0.1) is 0 Å². The number of furan rings is 1. The molecule has 3 aromatic rings. The number of anilines is 1. The van der Waals surface area contributed by atoms with Crippen LogP contribution in [0.3, 0.4) is 0 Å². The molecule has 2 aliphatic rings. The zero-order valence-corrected chi connectivity index (χ0v) is 14.7. The Balaban J connectivity index is 1.82. The number of rotatable bonds is 1. The van der Waals surface area contributed by atoms with Crippen LogP contribution in [0.15, 0.2) is 41.0 Å². The van der Waals surface area contributed by atoms with E-state index in [0.29, 0.717) is 6.04 Å². The Bertz CT molecular complexity index is 927. The largest absolute Gasteiger partial charge is 0.462 e. The highest BCUT2D eigenvalue weighted by molar-refractivity contribution is 5.84. The van der Waals surface area contributed by atoms with E-state index in [1.54, 1.807) is 0 Å². The number of hydrogen-bond donors (Lipinski definition) is 0. The summed E-state index contributed by atoms with van der Waals surface area (Å²) in [7, 11) is 2.21. The Morgan fingerprint density at radius 2 is 1.88 bits per heavy atom. The third kappa shape index (κ3) is 1.53. The minimum Gasteiger partial charge on any atom is -0.462 e. The predicted octanol–water partition coefficient (Wildman–Crippen LogP) is 5.43. The van der Waals surface area contributed by atoms with Crippen LogP contribution in [-0.2, 0) is 12.6 Å². The molecule has 24 heavy (non-hydrogen) atoms. The SMILES string of the molecule is Cc1ccccc1N1[C@@H](C)c2c(n(C)c3ccoc23)C12CCCC2. The summed E-state index contributed by atoms with van der Waals surface area (Å²) in [6.45, 7) is 4.58. The molecule has 0 N–H and O–H groups in total. The lowest BCUT2D eigenvalue weighted by molar-refractivity contribution is 0.398. The first-order chi connectivity index (χ1) is 11.6. The van der Waals surface area contributed by atoms with Crippen LogP contribution in [0.25, 0.3) is 11.1 Å². The monoisotopic (exact) mass is 320 g/mol. The molecular weight excluding hydrogens is 296 g/mol. The first kappa shape index (κ1) is 14.2. The van der Waals surface area contributed by atoms with E-state index in [0.717, 1.165) is 5.58 Å². The smallest absolute Gasteiger partial charge is 0.157 e. The minimum atomic E-state index is 0.122. The standard InChI is InChI=1S/C21H24N2O/c1-14-8-4-5-9-16(14)23-15(2)18-19-17(10-13-24-19)22(3)20(18)21(23)11-6-7-12-21/h4-5,8-10,13,15H,6-7,11-12H2,1-3H3/t15-/m0/s1. The van der Waals surface area contributed by atoms with Gasteiger partial charge in [-0.25, -0.2) is 0 Å². The summed E-state index contributed by atoms with van der Waals surface area (Å²) in [5, 5.41) is 0. The van der Waals surface area contributed by atoms with Crippen LogP contribution in [0.2, 0.25) is 0 Å². The Morgan fingerprint density at radius 1 is 1.12 bits per heavy atom. The van der Waals surface area contributed by atoms with E-state index in [4.69, 9.17) is 4.42 Å². The zero-order valence-electron chi connectivity index (χ0n) is 14.7. The number of nitrogens with zero attached hydrogens (tertiary/aromatic N) is 2. The molecule has 124 valence electrons. The van der Waals surface area contributed by atoms with E-state index in [-0.39, 0.29) is 5.54 Å². The highest BCUT2D eigenvalue weighted by atomic mass is 16.3. The molecular formula is C21H24N2O. The summed E-state index contributed by atoms with van der Waals surface area (Å²) >= 11 is 0. The van der Waals surface area contributed by atoms with Gasteiger partial charge in [-0.2, -0.15) is 0 Å². The fourth-order valence-electron chi connectivity index (χ4n) is 5.45. The van der Waals surface area contributed by atoms with Gasteiger partial charge in [0.05, 0.1) is 29.1 Å². The first-order valence-electron chi connectivity index (χ1n) is 9.06. The van der Waals surface area contributed by atoms with Crippen LogP contribution in [0.1, 0.15) is 55.5 Å². The van der Waals surface area contributed by atoms with Gasteiger partial charge in [0.15, 0.2) is 5.58 Å². The quantitative estimate of drug-likeness (QED) is 0.596. The van der Waals surface area contributed by atoms with Crippen LogP contribution >= 0.6 is 0 Å². The molecule has 0 amide bonds. The van der Waals surface area contributed by atoms with Crippen molar-refractivity contribution >= 4 is 16.8 Å². The van der Waals surface area contributed by atoms with E-state index in [1.807, 2.05) is 6.26 Å². The summed E-state index contributed by atoms with van der Waals surface area (Å²) < 4.78 is 8.32. The molecule has 3 nitrogen and oxygen atoms in total. The Morgan fingerprint density at radius 3 is 2.62 bits per heavy atom. The van der Waals surface area contributed by atoms with Gasteiger partial charge in [-0.05, 0) is 38.3 Å². The van der Waals surface area contributed by atoms with Crippen molar-refractivity contribution in [3.8, 4) is 0 Å². The van der Waals surface area contributed by atoms with Crippen molar-refractivity contribution in [1.29, 1.82) is 0 Å². The molecule has 0 saturated heterocycles. The third-order valence-corrected chi connectivity index (χ3v) is 6.35. The van der Waals surface area contributed by atoms with Crippen molar-refractivity contribution in [3.63, 3.8) is 0 Å². The molecule has 0 radical (unpaired) electrons. The average molecular weight is 320 g/mol. The number of aryl methyl sites for hydroxylation is 2. The molecule has 1 saturated carbocycles. The average Bonchev–Trinajstić information content (AvgIpc) is 3.30. The molecule has 1 aliphatic carbocycles. The molecule has 3 heterocycles. The lowest BCUT2D eigenvalue weighted by Crippen LogP contribution is -2.41. The Kier molecular flexibility index (Phi) is 2.77. The molecule has 1 spiro atoms. The van der Waals surface area contributed by atoms with Gasteiger partial charge >= 0.3 is 0 Å². The van der Waals surface area contributed by atoms with Crippen LogP contribution < -0.4 is 4.90 Å². The van der Waals surface area contributed by atoms with E-state index >= 15 is 0 Å². The second kappa shape index (κ2) is 4.69. The van der Waals surface area contributed by atoms with Crippen LogP contribution in [-0.4, -0.2) is 4.57 Å². The molecule has 1 atom stereocenters. The lowest BCUT2D eigenvalue weighted by Gasteiger charge is -2.41. The highest BCUT2D eigenvalue weighted by Crippen LogP contribution is 2.58. The summed E-state index contributed by atoms with van der Waals surface area (Å²) in [5.41, 5.74) is 8.08. The van der Waals surface area contributed by atoms with Crippen molar-refractivity contribution in [2.24, 2.45) is 7.05 Å². The van der Waals surface area contributed by atoms with Crippen molar-refractivity contribution in [1.82, 2.24) is 4.57 Å². The van der Waals surface area contributed by atoms with Crippen molar-refractivity contribution < 1.29 is 4.42 Å².